The summed E-state index contributed by atoms with van der Waals surface area (Å²) in [4.78, 5) is 23.8. The monoisotopic (exact) mass is 412 g/mol. The third kappa shape index (κ3) is 4.70. The van der Waals surface area contributed by atoms with Crippen LogP contribution in [0.5, 0.6) is 0 Å². The van der Waals surface area contributed by atoms with Crippen molar-refractivity contribution in [2.24, 2.45) is 5.10 Å². The summed E-state index contributed by atoms with van der Waals surface area (Å²) in [6.07, 6.45) is 1.44. The zero-order valence-corrected chi connectivity index (χ0v) is 16.5. The number of halogens is 2. The van der Waals surface area contributed by atoms with E-state index in [2.05, 4.69) is 15.8 Å². The lowest BCUT2D eigenvalue weighted by Gasteiger charge is -2.09. The zero-order valence-electron chi connectivity index (χ0n) is 15.7. The average Bonchev–Trinajstić information content (AvgIpc) is 2.97. The van der Waals surface area contributed by atoms with Gasteiger partial charge in [0.2, 0.25) is 0 Å². The Labute approximate surface area is 172 Å². The van der Waals surface area contributed by atoms with E-state index in [1.807, 2.05) is 42.7 Å². The quantitative estimate of drug-likeness (QED) is 0.386. The van der Waals surface area contributed by atoms with Crippen LogP contribution in [0.4, 0.5) is 10.1 Å². The molecule has 0 aliphatic heterocycles. The molecule has 148 valence electrons. The lowest BCUT2D eigenvalue weighted by atomic mass is 10.2. The summed E-state index contributed by atoms with van der Waals surface area (Å²) in [6.45, 7) is 3.84. The van der Waals surface area contributed by atoms with Gasteiger partial charge in [0.15, 0.2) is 0 Å². The zero-order chi connectivity index (χ0) is 21.0. The molecule has 3 aromatic rings. The molecule has 2 amide bonds. The van der Waals surface area contributed by atoms with E-state index in [1.165, 1.54) is 24.4 Å². The number of hydrazone groups is 1. The van der Waals surface area contributed by atoms with Gasteiger partial charge >= 0.3 is 11.8 Å². The van der Waals surface area contributed by atoms with Crippen molar-refractivity contribution >= 4 is 35.3 Å². The molecule has 0 saturated heterocycles. The van der Waals surface area contributed by atoms with Crippen LogP contribution in [0.1, 0.15) is 17.0 Å². The fourth-order valence-electron chi connectivity index (χ4n) is 2.88. The van der Waals surface area contributed by atoms with E-state index in [-0.39, 0.29) is 5.69 Å². The van der Waals surface area contributed by atoms with Crippen molar-refractivity contribution in [1.29, 1.82) is 0 Å². The van der Waals surface area contributed by atoms with Gasteiger partial charge in [-0.15, -0.1) is 0 Å². The van der Waals surface area contributed by atoms with E-state index in [0.29, 0.717) is 5.02 Å². The largest absolute Gasteiger partial charge is 0.329 e. The van der Waals surface area contributed by atoms with Crippen molar-refractivity contribution in [2.75, 3.05) is 5.32 Å². The first-order valence-electron chi connectivity index (χ1n) is 8.70. The molecular formula is C21H18ClFN4O2. The predicted molar refractivity (Wildman–Crippen MR) is 111 cm³/mol. The Morgan fingerprint density at radius 2 is 1.83 bits per heavy atom. The molecule has 0 spiro atoms. The topological polar surface area (TPSA) is 75.5 Å². The standard InChI is InChI=1S/C21H18ClFN4O2/c1-13-10-15(14(2)27(13)17-7-5-6-16(22)11-17)12-24-26-21(29)20(28)25-19-9-4-3-8-18(19)23/h3-12H,1-2H3,(H,25,28)(H,26,29)/b24-12-. The van der Waals surface area contributed by atoms with Gasteiger partial charge in [-0.2, -0.15) is 5.10 Å². The highest BCUT2D eigenvalue weighted by Crippen LogP contribution is 2.22. The fourth-order valence-corrected chi connectivity index (χ4v) is 3.07. The molecule has 8 heteroatoms. The molecule has 2 aromatic carbocycles. The van der Waals surface area contributed by atoms with Crippen molar-refractivity contribution in [3.05, 3.63) is 82.4 Å². The van der Waals surface area contributed by atoms with Gasteiger partial charge in [-0.3, -0.25) is 9.59 Å². The summed E-state index contributed by atoms with van der Waals surface area (Å²) in [5, 5.41) is 6.65. The van der Waals surface area contributed by atoms with Gasteiger partial charge in [0.05, 0.1) is 11.9 Å². The molecule has 0 bridgehead atoms. The first-order valence-corrected chi connectivity index (χ1v) is 9.08. The fraction of sp³-hybridized carbons (Fsp3) is 0.0952. The molecule has 1 aromatic heterocycles. The number of aromatic nitrogens is 1. The summed E-state index contributed by atoms with van der Waals surface area (Å²) < 4.78 is 15.5. The predicted octanol–water partition coefficient (Wildman–Crippen LogP) is 3.98. The van der Waals surface area contributed by atoms with Crippen LogP contribution in [0.3, 0.4) is 0 Å². The van der Waals surface area contributed by atoms with Gasteiger partial charge in [0.1, 0.15) is 5.82 Å². The molecule has 0 radical (unpaired) electrons. The Hall–Kier alpha value is -3.45. The second-order valence-electron chi connectivity index (χ2n) is 6.27. The average molecular weight is 413 g/mol. The van der Waals surface area contributed by atoms with Crippen LogP contribution in [0.2, 0.25) is 5.02 Å². The van der Waals surface area contributed by atoms with E-state index >= 15 is 0 Å². The maximum Gasteiger partial charge on any atom is 0.329 e. The second kappa shape index (κ2) is 8.70. The number of benzene rings is 2. The Bertz CT molecular complexity index is 1110. The number of anilines is 1. The number of nitrogens with one attached hydrogen (secondary N) is 2. The summed E-state index contributed by atoms with van der Waals surface area (Å²) in [5.74, 6) is -2.66. The number of aryl methyl sites for hydroxylation is 1. The van der Waals surface area contributed by atoms with Crippen molar-refractivity contribution < 1.29 is 14.0 Å². The lowest BCUT2D eigenvalue weighted by Crippen LogP contribution is -2.32. The number of para-hydroxylation sites is 1. The third-order valence-electron chi connectivity index (χ3n) is 4.23. The SMILES string of the molecule is Cc1cc(/C=N\NC(=O)C(=O)Nc2ccccc2F)c(C)n1-c1cccc(Cl)c1. The molecule has 3 rings (SSSR count). The molecule has 0 aliphatic rings. The Morgan fingerprint density at radius 1 is 1.07 bits per heavy atom. The smallest absolute Gasteiger partial charge is 0.318 e. The number of amides is 2. The van der Waals surface area contributed by atoms with Crippen molar-refractivity contribution in [2.45, 2.75) is 13.8 Å². The second-order valence-corrected chi connectivity index (χ2v) is 6.71. The number of carbonyl (C=O) groups excluding carboxylic acids is 2. The summed E-state index contributed by atoms with van der Waals surface area (Å²) in [6, 6.07) is 14.9. The Morgan fingerprint density at radius 3 is 2.55 bits per heavy atom. The third-order valence-corrected chi connectivity index (χ3v) is 4.47. The van der Waals surface area contributed by atoms with E-state index in [9.17, 15) is 14.0 Å². The molecule has 0 atom stereocenters. The summed E-state index contributed by atoms with van der Waals surface area (Å²) >= 11 is 6.07. The van der Waals surface area contributed by atoms with Gasteiger partial charge in [-0.25, -0.2) is 9.82 Å². The Kier molecular flexibility index (Phi) is 6.09. The first-order chi connectivity index (χ1) is 13.9. The molecule has 29 heavy (non-hydrogen) atoms. The van der Waals surface area contributed by atoms with Gasteiger partial charge in [-0.05, 0) is 50.2 Å². The number of rotatable bonds is 4. The van der Waals surface area contributed by atoms with Crippen LogP contribution in [-0.2, 0) is 9.59 Å². The molecule has 0 saturated carbocycles. The highest BCUT2D eigenvalue weighted by atomic mass is 35.5. The van der Waals surface area contributed by atoms with E-state index in [1.54, 1.807) is 12.1 Å². The molecule has 0 fully saturated rings. The minimum absolute atomic E-state index is 0.0818. The molecule has 6 nitrogen and oxygen atoms in total. The molecule has 2 N–H and O–H groups in total. The maximum absolute atomic E-state index is 13.5. The van der Waals surface area contributed by atoms with E-state index < -0.39 is 17.6 Å². The number of hydrogen-bond donors (Lipinski definition) is 2. The maximum atomic E-state index is 13.5. The molecule has 0 aliphatic carbocycles. The van der Waals surface area contributed by atoms with Crippen LogP contribution >= 0.6 is 11.6 Å². The van der Waals surface area contributed by atoms with Crippen LogP contribution < -0.4 is 10.7 Å². The van der Waals surface area contributed by atoms with Crippen LogP contribution in [-0.4, -0.2) is 22.6 Å². The van der Waals surface area contributed by atoms with Crippen molar-refractivity contribution in [3.63, 3.8) is 0 Å². The van der Waals surface area contributed by atoms with Crippen LogP contribution in [0.25, 0.3) is 5.69 Å². The van der Waals surface area contributed by atoms with Crippen LogP contribution in [0.15, 0.2) is 59.7 Å². The summed E-state index contributed by atoms with van der Waals surface area (Å²) in [5.41, 5.74) is 5.57. The Balaban J connectivity index is 1.69. The van der Waals surface area contributed by atoms with Crippen LogP contribution in [0, 0.1) is 19.7 Å². The van der Waals surface area contributed by atoms with Gasteiger partial charge in [0.25, 0.3) is 0 Å². The first kappa shape index (κ1) is 20.3. The van der Waals surface area contributed by atoms with Crippen molar-refractivity contribution in [1.82, 2.24) is 9.99 Å². The molecule has 0 unspecified atom stereocenters. The molecular weight excluding hydrogens is 395 g/mol. The number of nitrogens with zero attached hydrogens (tertiary/aromatic N) is 2. The van der Waals surface area contributed by atoms with E-state index in [0.717, 1.165) is 22.6 Å². The normalized spacial score (nSPS) is 10.9. The van der Waals surface area contributed by atoms with Gasteiger partial charge < -0.3 is 9.88 Å². The van der Waals surface area contributed by atoms with Gasteiger partial charge in [-0.1, -0.05) is 29.8 Å². The minimum atomic E-state index is -1.02. The lowest BCUT2D eigenvalue weighted by molar-refractivity contribution is -0.136. The highest BCUT2D eigenvalue weighted by Gasteiger charge is 2.15. The molecule has 1 heterocycles. The minimum Gasteiger partial charge on any atom is -0.318 e. The van der Waals surface area contributed by atoms with E-state index in [4.69, 9.17) is 11.6 Å². The number of hydrogen-bond acceptors (Lipinski definition) is 3. The highest BCUT2D eigenvalue weighted by molar-refractivity contribution is 6.39. The van der Waals surface area contributed by atoms with Crippen molar-refractivity contribution in [3.8, 4) is 5.69 Å². The number of carbonyl (C=O) groups is 2. The summed E-state index contributed by atoms with van der Waals surface area (Å²) in [7, 11) is 0. The van der Waals surface area contributed by atoms with Gasteiger partial charge in [0, 0.05) is 27.7 Å².